The second-order valence-corrected chi connectivity index (χ2v) is 6.16. The van der Waals surface area contributed by atoms with Crippen molar-refractivity contribution in [3.05, 3.63) is 41.1 Å². The van der Waals surface area contributed by atoms with Gasteiger partial charge in [-0.1, -0.05) is 0 Å². The number of piperidine rings is 1. The first-order chi connectivity index (χ1) is 10.2. The highest BCUT2D eigenvalue weighted by atomic mass is 79.9. The van der Waals surface area contributed by atoms with Gasteiger partial charge in [-0.25, -0.2) is 4.98 Å². The largest absolute Gasteiger partial charge is 0.356 e. The molecule has 110 valence electrons. The number of nitrogens with zero attached hydrogens (tertiary/aromatic N) is 5. The molecule has 2 aromatic rings. The third kappa shape index (κ3) is 3.32. The van der Waals surface area contributed by atoms with Gasteiger partial charge in [-0.3, -0.25) is 0 Å². The summed E-state index contributed by atoms with van der Waals surface area (Å²) in [5, 5.41) is 8.14. The van der Waals surface area contributed by atoms with Crippen molar-refractivity contribution in [3.8, 4) is 0 Å². The second kappa shape index (κ2) is 6.39. The van der Waals surface area contributed by atoms with E-state index in [-0.39, 0.29) is 0 Å². The maximum absolute atomic E-state index is 4.47. The topological polar surface area (TPSA) is 45.2 Å². The summed E-state index contributed by atoms with van der Waals surface area (Å²) in [6, 6.07) is 8.56. The second-order valence-electron chi connectivity index (χ2n) is 5.25. The summed E-state index contributed by atoms with van der Waals surface area (Å²) >= 11 is 3.42. The molecule has 0 spiro atoms. The van der Waals surface area contributed by atoms with E-state index in [1.165, 1.54) is 0 Å². The van der Waals surface area contributed by atoms with Crippen LogP contribution in [0.2, 0.25) is 0 Å². The molecule has 5 nitrogen and oxygen atoms in total. The fourth-order valence-electron chi connectivity index (χ4n) is 2.71. The molecule has 0 aliphatic carbocycles. The molecule has 0 amide bonds. The number of hydrogen-bond acceptors (Lipinski definition) is 5. The summed E-state index contributed by atoms with van der Waals surface area (Å²) in [6.45, 7) is 2.04. The van der Waals surface area contributed by atoms with Crippen LogP contribution in [0.15, 0.2) is 41.1 Å². The van der Waals surface area contributed by atoms with Gasteiger partial charge < -0.3 is 9.80 Å². The van der Waals surface area contributed by atoms with Gasteiger partial charge in [-0.15, -0.1) is 5.10 Å². The van der Waals surface area contributed by atoms with Crippen LogP contribution in [0.25, 0.3) is 0 Å². The fraction of sp³-hybridized carbons (Fsp3) is 0.400. The van der Waals surface area contributed by atoms with E-state index in [0.717, 1.165) is 42.0 Å². The zero-order valence-electron chi connectivity index (χ0n) is 12.0. The molecule has 1 aliphatic heterocycles. The van der Waals surface area contributed by atoms with Crippen LogP contribution in [0.1, 0.15) is 12.8 Å². The van der Waals surface area contributed by atoms with Gasteiger partial charge in [-0.2, -0.15) is 5.10 Å². The summed E-state index contributed by atoms with van der Waals surface area (Å²) in [5.41, 5.74) is 0. The Morgan fingerprint density at radius 2 is 2.05 bits per heavy atom. The van der Waals surface area contributed by atoms with Gasteiger partial charge in [0.15, 0.2) is 5.82 Å². The molecule has 0 aromatic carbocycles. The van der Waals surface area contributed by atoms with Crippen LogP contribution in [0.3, 0.4) is 0 Å². The maximum Gasteiger partial charge on any atom is 0.151 e. The Balaban J connectivity index is 1.61. The van der Waals surface area contributed by atoms with Crippen molar-refractivity contribution in [1.82, 2.24) is 15.2 Å². The number of anilines is 2. The van der Waals surface area contributed by atoms with Gasteiger partial charge in [0.05, 0.1) is 0 Å². The van der Waals surface area contributed by atoms with Crippen molar-refractivity contribution in [2.75, 3.05) is 29.9 Å². The van der Waals surface area contributed by atoms with Crippen molar-refractivity contribution in [1.29, 1.82) is 0 Å². The van der Waals surface area contributed by atoms with Crippen molar-refractivity contribution < 1.29 is 0 Å². The van der Waals surface area contributed by atoms with Gasteiger partial charge in [0.25, 0.3) is 0 Å². The lowest BCUT2D eigenvalue weighted by molar-refractivity contribution is 0.477. The van der Waals surface area contributed by atoms with Crippen LogP contribution < -0.4 is 9.80 Å². The Bertz CT molecular complexity index is 566. The Labute approximate surface area is 133 Å². The Morgan fingerprint density at radius 1 is 1.24 bits per heavy atom. The molecule has 0 unspecified atom stereocenters. The van der Waals surface area contributed by atoms with E-state index in [1.54, 1.807) is 6.20 Å². The predicted molar refractivity (Wildman–Crippen MR) is 87.6 cm³/mol. The van der Waals surface area contributed by atoms with Gasteiger partial charge in [0.2, 0.25) is 0 Å². The zero-order valence-corrected chi connectivity index (χ0v) is 13.6. The molecule has 1 fully saturated rings. The first-order valence-electron chi connectivity index (χ1n) is 7.11. The Morgan fingerprint density at radius 3 is 2.67 bits per heavy atom. The maximum atomic E-state index is 4.47. The smallest absolute Gasteiger partial charge is 0.151 e. The summed E-state index contributed by atoms with van der Waals surface area (Å²) in [7, 11) is 2.10. The van der Waals surface area contributed by atoms with Crippen molar-refractivity contribution >= 4 is 27.6 Å². The molecule has 0 saturated carbocycles. The minimum atomic E-state index is 0.508. The molecule has 3 rings (SSSR count). The molecule has 3 heterocycles. The highest BCUT2D eigenvalue weighted by Crippen LogP contribution is 2.23. The molecule has 21 heavy (non-hydrogen) atoms. The molecule has 1 aliphatic rings. The number of aromatic nitrogens is 3. The van der Waals surface area contributed by atoms with Crippen LogP contribution in [0.5, 0.6) is 0 Å². The normalized spacial score (nSPS) is 16.0. The lowest BCUT2D eigenvalue weighted by Crippen LogP contribution is -2.44. The number of rotatable bonds is 3. The standard InChI is InChI=1S/C15H18BrN5/c1-20(15-3-2-8-18-19-15)13-6-9-21(10-7-13)14-5-4-12(16)11-17-14/h2-5,8,11,13H,6-7,9-10H2,1H3. The highest BCUT2D eigenvalue weighted by Gasteiger charge is 2.23. The quantitative estimate of drug-likeness (QED) is 0.854. The van der Waals surface area contributed by atoms with E-state index < -0.39 is 0 Å². The van der Waals surface area contributed by atoms with E-state index in [9.17, 15) is 0 Å². The minimum absolute atomic E-state index is 0.508. The van der Waals surface area contributed by atoms with E-state index in [4.69, 9.17) is 0 Å². The van der Waals surface area contributed by atoms with Gasteiger partial charge >= 0.3 is 0 Å². The summed E-state index contributed by atoms with van der Waals surface area (Å²) in [6.07, 6.45) is 5.77. The van der Waals surface area contributed by atoms with E-state index >= 15 is 0 Å². The van der Waals surface area contributed by atoms with Crippen LogP contribution in [0.4, 0.5) is 11.6 Å². The number of pyridine rings is 1. The average Bonchev–Trinajstić information content (AvgIpc) is 2.56. The van der Waals surface area contributed by atoms with Crippen LogP contribution in [-0.2, 0) is 0 Å². The first kappa shape index (κ1) is 14.3. The molecule has 0 bridgehead atoms. The molecule has 0 radical (unpaired) electrons. The first-order valence-corrected chi connectivity index (χ1v) is 7.90. The summed E-state index contributed by atoms with van der Waals surface area (Å²) in [4.78, 5) is 9.05. The molecule has 1 saturated heterocycles. The molecule has 0 atom stereocenters. The van der Waals surface area contributed by atoms with Gasteiger partial charge in [-0.05, 0) is 53.0 Å². The van der Waals surface area contributed by atoms with Crippen molar-refractivity contribution in [2.45, 2.75) is 18.9 Å². The summed E-state index contributed by atoms with van der Waals surface area (Å²) in [5.74, 6) is 2.00. The molecular weight excluding hydrogens is 330 g/mol. The number of halogens is 1. The highest BCUT2D eigenvalue weighted by molar-refractivity contribution is 9.10. The van der Waals surface area contributed by atoms with Gasteiger partial charge in [0, 0.05) is 43.0 Å². The number of hydrogen-bond donors (Lipinski definition) is 0. The lowest BCUT2D eigenvalue weighted by Gasteiger charge is -2.37. The van der Waals surface area contributed by atoms with Crippen molar-refractivity contribution in [3.63, 3.8) is 0 Å². The monoisotopic (exact) mass is 347 g/mol. The zero-order chi connectivity index (χ0) is 14.7. The summed E-state index contributed by atoms with van der Waals surface area (Å²) < 4.78 is 1.02. The lowest BCUT2D eigenvalue weighted by atomic mass is 10.0. The molecule has 2 aromatic heterocycles. The van der Waals surface area contributed by atoms with Crippen LogP contribution in [0, 0.1) is 0 Å². The third-order valence-electron chi connectivity index (χ3n) is 3.97. The Kier molecular flexibility index (Phi) is 4.34. The van der Waals surface area contributed by atoms with E-state index in [0.29, 0.717) is 6.04 Å². The minimum Gasteiger partial charge on any atom is -0.356 e. The predicted octanol–water partition coefficient (Wildman–Crippen LogP) is 2.74. The average molecular weight is 348 g/mol. The molecular formula is C15H18BrN5. The van der Waals surface area contributed by atoms with Crippen LogP contribution >= 0.6 is 15.9 Å². The Hall–Kier alpha value is -1.69. The fourth-order valence-corrected chi connectivity index (χ4v) is 2.94. The van der Waals surface area contributed by atoms with Gasteiger partial charge in [0.1, 0.15) is 5.82 Å². The van der Waals surface area contributed by atoms with E-state index in [1.807, 2.05) is 24.4 Å². The van der Waals surface area contributed by atoms with E-state index in [2.05, 4.69) is 54.0 Å². The van der Waals surface area contributed by atoms with Crippen LogP contribution in [-0.4, -0.2) is 41.4 Å². The van der Waals surface area contributed by atoms with Crippen molar-refractivity contribution in [2.24, 2.45) is 0 Å². The third-order valence-corrected chi connectivity index (χ3v) is 4.44. The molecule has 0 N–H and O–H groups in total. The molecule has 6 heteroatoms. The SMILES string of the molecule is CN(c1cccnn1)C1CCN(c2ccc(Br)cn2)CC1.